The molecule has 0 aromatic carbocycles. The SMILES string of the molecule is CCCCC([SiH3])(OCC)C(=O)OCC. The molecular weight excluding hydrogens is 196 g/mol. The van der Waals surface area contributed by atoms with Crippen molar-refractivity contribution in [1.29, 1.82) is 0 Å². The van der Waals surface area contributed by atoms with Crippen LogP contribution in [-0.4, -0.2) is 34.6 Å². The molecule has 4 heteroatoms. The van der Waals surface area contributed by atoms with Crippen molar-refractivity contribution < 1.29 is 14.3 Å². The topological polar surface area (TPSA) is 35.5 Å². The number of unbranched alkanes of at least 4 members (excludes halogenated alkanes) is 1. The van der Waals surface area contributed by atoms with E-state index in [1.54, 1.807) is 0 Å². The summed E-state index contributed by atoms with van der Waals surface area (Å²) >= 11 is 0. The van der Waals surface area contributed by atoms with Gasteiger partial charge in [-0.05, 0) is 20.3 Å². The Labute approximate surface area is 89.6 Å². The molecule has 3 nitrogen and oxygen atoms in total. The predicted molar refractivity (Wildman–Crippen MR) is 60.5 cm³/mol. The third kappa shape index (κ3) is 4.24. The lowest BCUT2D eigenvalue weighted by Gasteiger charge is -2.27. The summed E-state index contributed by atoms with van der Waals surface area (Å²) in [5, 5.41) is -0.610. The van der Waals surface area contributed by atoms with Crippen LogP contribution in [0.5, 0.6) is 0 Å². The highest BCUT2D eigenvalue weighted by atomic mass is 28.1. The quantitative estimate of drug-likeness (QED) is 0.469. The van der Waals surface area contributed by atoms with Crippen LogP contribution in [0.1, 0.15) is 40.0 Å². The average molecular weight is 218 g/mol. The van der Waals surface area contributed by atoms with Crippen molar-refractivity contribution in [3.05, 3.63) is 0 Å². The summed E-state index contributed by atoms with van der Waals surface area (Å²) in [7, 11) is 0.694. The summed E-state index contributed by atoms with van der Waals surface area (Å²) < 4.78 is 10.6. The predicted octanol–water partition coefficient (Wildman–Crippen LogP) is 0.838. The summed E-state index contributed by atoms with van der Waals surface area (Å²) in [6.07, 6.45) is 2.89. The number of hydrogen-bond acceptors (Lipinski definition) is 3. The van der Waals surface area contributed by atoms with Crippen LogP contribution in [0.15, 0.2) is 0 Å². The maximum absolute atomic E-state index is 11.6. The smallest absolute Gasteiger partial charge is 0.333 e. The molecule has 0 amide bonds. The van der Waals surface area contributed by atoms with Crippen LogP contribution in [0, 0.1) is 0 Å². The fraction of sp³-hybridized carbons (Fsp3) is 0.900. The standard InChI is InChI=1S/C10H22O3Si/c1-4-7-8-10(14,13-6-3)9(11)12-5-2/h4-8H2,1-3,14H3. The van der Waals surface area contributed by atoms with Crippen molar-refractivity contribution in [3.8, 4) is 0 Å². The average Bonchev–Trinajstić information content (AvgIpc) is 2.15. The Kier molecular flexibility index (Phi) is 6.83. The van der Waals surface area contributed by atoms with E-state index in [4.69, 9.17) is 9.47 Å². The van der Waals surface area contributed by atoms with E-state index in [2.05, 4.69) is 6.92 Å². The third-order valence-corrected chi connectivity index (χ3v) is 3.37. The molecule has 0 aliphatic heterocycles. The van der Waals surface area contributed by atoms with E-state index < -0.39 is 5.22 Å². The van der Waals surface area contributed by atoms with E-state index in [0.29, 0.717) is 23.5 Å². The maximum Gasteiger partial charge on any atom is 0.333 e. The first-order valence-electron chi connectivity index (χ1n) is 5.41. The van der Waals surface area contributed by atoms with Gasteiger partial charge in [-0.15, -0.1) is 0 Å². The molecule has 84 valence electrons. The fourth-order valence-electron chi connectivity index (χ4n) is 1.35. The monoisotopic (exact) mass is 218 g/mol. The van der Waals surface area contributed by atoms with Crippen LogP contribution < -0.4 is 0 Å². The Morgan fingerprint density at radius 2 is 1.93 bits per heavy atom. The van der Waals surface area contributed by atoms with Crippen molar-refractivity contribution >= 4 is 16.2 Å². The molecule has 0 aliphatic rings. The lowest BCUT2D eigenvalue weighted by molar-refractivity contribution is -0.162. The lowest BCUT2D eigenvalue weighted by Crippen LogP contribution is -2.43. The molecule has 0 aromatic heterocycles. The molecule has 0 radical (unpaired) electrons. The zero-order chi connectivity index (χ0) is 11.0. The van der Waals surface area contributed by atoms with E-state index in [1.807, 2.05) is 13.8 Å². The van der Waals surface area contributed by atoms with Crippen LogP contribution in [0.25, 0.3) is 0 Å². The van der Waals surface area contributed by atoms with Crippen LogP contribution in [0.2, 0.25) is 0 Å². The van der Waals surface area contributed by atoms with Gasteiger partial charge in [-0.25, -0.2) is 4.79 Å². The summed E-state index contributed by atoms with van der Waals surface area (Å²) in [4.78, 5) is 11.6. The first-order valence-corrected chi connectivity index (χ1v) is 6.41. The maximum atomic E-state index is 11.6. The van der Waals surface area contributed by atoms with E-state index in [0.717, 1.165) is 19.3 Å². The van der Waals surface area contributed by atoms with Crippen molar-refractivity contribution in [2.24, 2.45) is 0 Å². The molecule has 0 saturated heterocycles. The molecule has 1 unspecified atom stereocenters. The molecule has 0 saturated carbocycles. The molecule has 0 fully saturated rings. The molecule has 0 aliphatic carbocycles. The van der Waals surface area contributed by atoms with E-state index in [-0.39, 0.29) is 5.97 Å². The van der Waals surface area contributed by atoms with Gasteiger partial charge in [0.1, 0.15) is 5.22 Å². The summed E-state index contributed by atoms with van der Waals surface area (Å²) in [6, 6.07) is 0. The normalized spacial score (nSPS) is 15.1. The van der Waals surface area contributed by atoms with Crippen LogP contribution >= 0.6 is 0 Å². The fourth-order valence-corrected chi connectivity index (χ4v) is 2.14. The molecule has 0 aromatic rings. The molecular formula is C10H22O3Si. The zero-order valence-electron chi connectivity index (χ0n) is 9.76. The van der Waals surface area contributed by atoms with Gasteiger partial charge in [0.15, 0.2) is 0 Å². The van der Waals surface area contributed by atoms with E-state index in [1.165, 1.54) is 0 Å². The minimum Gasteiger partial charge on any atom is -0.464 e. The van der Waals surface area contributed by atoms with Gasteiger partial charge in [-0.2, -0.15) is 0 Å². The summed E-state index contributed by atoms with van der Waals surface area (Å²) in [5.41, 5.74) is 0. The van der Waals surface area contributed by atoms with Gasteiger partial charge in [-0.3, -0.25) is 0 Å². The van der Waals surface area contributed by atoms with Gasteiger partial charge in [0.05, 0.1) is 16.8 Å². The number of carbonyl (C=O) groups is 1. The Hall–Kier alpha value is -0.353. The number of carbonyl (C=O) groups excluding carboxylic acids is 1. The van der Waals surface area contributed by atoms with Gasteiger partial charge in [0, 0.05) is 6.61 Å². The Morgan fingerprint density at radius 1 is 1.29 bits per heavy atom. The molecule has 0 N–H and O–H groups in total. The highest BCUT2D eigenvalue weighted by Gasteiger charge is 2.34. The van der Waals surface area contributed by atoms with Crippen molar-refractivity contribution in [3.63, 3.8) is 0 Å². The molecule has 0 bridgehead atoms. The van der Waals surface area contributed by atoms with Gasteiger partial charge in [-0.1, -0.05) is 19.8 Å². The Bertz CT molecular complexity index is 173. The first-order chi connectivity index (χ1) is 6.60. The Morgan fingerprint density at radius 3 is 2.36 bits per heavy atom. The van der Waals surface area contributed by atoms with Crippen molar-refractivity contribution in [2.75, 3.05) is 13.2 Å². The minimum atomic E-state index is -0.610. The third-order valence-electron chi connectivity index (χ3n) is 2.18. The first kappa shape index (κ1) is 13.6. The number of esters is 1. The molecule has 0 rings (SSSR count). The summed E-state index contributed by atoms with van der Waals surface area (Å²) in [6.45, 7) is 6.86. The van der Waals surface area contributed by atoms with Gasteiger partial charge in [0.2, 0.25) is 0 Å². The van der Waals surface area contributed by atoms with Crippen molar-refractivity contribution in [2.45, 2.75) is 45.3 Å². The van der Waals surface area contributed by atoms with Gasteiger partial charge < -0.3 is 9.47 Å². The second kappa shape index (κ2) is 7.01. The van der Waals surface area contributed by atoms with E-state index in [9.17, 15) is 4.79 Å². The zero-order valence-corrected chi connectivity index (χ0v) is 11.8. The number of hydrogen-bond donors (Lipinski definition) is 0. The van der Waals surface area contributed by atoms with Crippen LogP contribution in [-0.2, 0) is 14.3 Å². The molecule has 0 spiro atoms. The Balaban J connectivity index is 4.28. The lowest BCUT2D eigenvalue weighted by atomic mass is 10.1. The largest absolute Gasteiger partial charge is 0.464 e. The second-order valence-electron chi connectivity index (χ2n) is 3.49. The second-order valence-corrected chi connectivity index (χ2v) is 5.10. The molecule has 0 heterocycles. The minimum absolute atomic E-state index is 0.179. The van der Waals surface area contributed by atoms with Crippen molar-refractivity contribution in [1.82, 2.24) is 0 Å². The summed E-state index contributed by atoms with van der Waals surface area (Å²) in [5.74, 6) is -0.179. The molecule has 14 heavy (non-hydrogen) atoms. The van der Waals surface area contributed by atoms with Crippen LogP contribution in [0.4, 0.5) is 0 Å². The van der Waals surface area contributed by atoms with Gasteiger partial charge in [0.25, 0.3) is 0 Å². The van der Waals surface area contributed by atoms with Crippen LogP contribution in [0.3, 0.4) is 0 Å². The molecule has 1 atom stereocenters. The highest BCUT2D eigenvalue weighted by Crippen LogP contribution is 2.17. The number of ether oxygens (including phenoxy) is 2. The number of rotatable bonds is 7. The highest BCUT2D eigenvalue weighted by molar-refractivity contribution is 6.26. The van der Waals surface area contributed by atoms with Gasteiger partial charge >= 0.3 is 5.97 Å². The van der Waals surface area contributed by atoms with E-state index >= 15 is 0 Å².